The molecule has 1 aromatic carbocycles. The van der Waals surface area contributed by atoms with E-state index in [2.05, 4.69) is 21.1 Å². The number of urea groups is 1. The Kier molecular flexibility index (Phi) is 8.68. The molecule has 1 saturated heterocycles. The summed E-state index contributed by atoms with van der Waals surface area (Å²) < 4.78 is 11.0. The molecule has 3 N–H and O–H groups in total. The Labute approximate surface area is 209 Å². The highest BCUT2D eigenvalue weighted by Crippen LogP contribution is 2.28. The summed E-state index contributed by atoms with van der Waals surface area (Å²) in [5.74, 6) is -0.439. The van der Waals surface area contributed by atoms with Gasteiger partial charge in [-0.25, -0.2) is 9.80 Å². The second-order valence-corrected chi connectivity index (χ2v) is 9.57. The summed E-state index contributed by atoms with van der Waals surface area (Å²) in [7, 11) is 1.52. The predicted octanol–water partition coefficient (Wildman–Crippen LogP) is 2.65. The normalized spacial score (nSPS) is 15.6. The molecule has 0 aliphatic carbocycles. The van der Waals surface area contributed by atoms with Crippen LogP contribution in [-0.4, -0.2) is 60.7 Å². The number of methoxy groups -OCH3 is 1. The third kappa shape index (κ3) is 6.83. The van der Waals surface area contributed by atoms with Gasteiger partial charge in [0.25, 0.3) is 5.91 Å². The molecule has 194 valence electrons. The van der Waals surface area contributed by atoms with Gasteiger partial charge in [0.2, 0.25) is 11.8 Å². The lowest BCUT2D eigenvalue weighted by atomic mass is 10.0. The smallest absolute Gasteiger partial charge is 0.344 e. The predicted molar refractivity (Wildman–Crippen MR) is 134 cm³/mol. The van der Waals surface area contributed by atoms with Crippen molar-refractivity contribution < 1.29 is 28.3 Å². The fourth-order valence-corrected chi connectivity index (χ4v) is 3.87. The fraction of sp³-hybridized carbons (Fsp3) is 0.480. The molecule has 36 heavy (non-hydrogen) atoms. The maximum atomic E-state index is 13.2. The van der Waals surface area contributed by atoms with Crippen LogP contribution in [0.25, 0.3) is 11.0 Å². The minimum Gasteiger partial charge on any atom is -0.493 e. The molecule has 0 radical (unpaired) electrons. The molecule has 2 aromatic rings. The highest BCUT2D eigenvalue weighted by Gasteiger charge is 2.28. The van der Waals surface area contributed by atoms with E-state index in [0.717, 1.165) is 5.01 Å². The van der Waals surface area contributed by atoms with Crippen molar-refractivity contribution in [3.8, 4) is 5.75 Å². The summed E-state index contributed by atoms with van der Waals surface area (Å²) in [5, 5.41) is 13.6. The zero-order chi connectivity index (χ0) is 26.4. The van der Waals surface area contributed by atoms with Crippen LogP contribution >= 0.6 is 0 Å². The number of rotatable bonds is 11. The Hall–Kier alpha value is -3.89. The van der Waals surface area contributed by atoms with Crippen LogP contribution < -0.4 is 20.7 Å². The van der Waals surface area contributed by atoms with Crippen LogP contribution in [0.15, 0.2) is 33.8 Å². The zero-order valence-corrected chi connectivity index (χ0v) is 21.2. The van der Waals surface area contributed by atoms with Gasteiger partial charge in [0.15, 0.2) is 17.1 Å². The van der Waals surface area contributed by atoms with Crippen molar-refractivity contribution in [2.45, 2.75) is 52.6 Å². The minimum absolute atomic E-state index is 0.0704. The lowest BCUT2D eigenvalue weighted by Gasteiger charge is -2.23. The van der Waals surface area contributed by atoms with E-state index in [0.29, 0.717) is 29.6 Å². The number of benzene rings is 1. The average Bonchev–Trinajstić information content (AvgIpc) is 3.38. The number of ether oxygens (including phenoxy) is 1. The van der Waals surface area contributed by atoms with Crippen LogP contribution in [0, 0.1) is 11.8 Å². The lowest BCUT2D eigenvalue weighted by Crippen LogP contribution is -2.51. The van der Waals surface area contributed by atoms with E-state index < -0.39 is 29.9 Å². The molecule has 0 spiro atoms. The van der Waals surface area contributed by atoms with Crippen molar-refractivity contribution in [3.05, 3.63) is 30.0 Å². The Bertz CT molecular complexity index is 1160. The number of imide groups is 1. The topological polar surface area (TPSA) is 142 Å². The van der Waals surface area contributed by atoms with Crippen LogP contribution in [-0.2, 0) is 9.59 Å². The molecule has 5 amide bonds. The minimum atomic E-state index is -0.827. The number of nitrogens with one attached hydrogen (secondary N) is 3. The number of amides is 5. The van der Waals surface area contributed by atoms with Gasteiger partial charge in [-0.2, -0.15) is 5.10 Å². The van der Waals surface area contributed by atoms with Crippen LogP contribution in [0.5, 0.6) is 5.75 Å². The van der Waals surface area contributed by atoms with E-state index in [4.69, 9.17) is 9.15 Å². The lowest BCUT2D eigenvalue weighted by molar-refractivity contribution is -0.123. The highest BCUT2D eigenvalue weighted by atomic mass is 16.5. The number of hydrogen-bond acceptors (Lipinski definition) is 7. The molecule has 2 atom stereocenters. The van der Waals surface area contributed by atoms with Crippen LogP contribution in [0.4, 0.5) is 4.79 Å². The molecule has 1 aromatic heterocycles. The van der Waals surface area contributed by atoms with E-state index in [1.54, 1.807) is 24.3 Å². The highest BCUT2D eigenvalue weighted by molar-refractivity contribution is 6.02. The fourth-order valence-electron chi connectivity index (χ4n) is 3.87. The molecule has 3 rings (SSSR count). The number of hydrazone groups is 1. The van der Waals surface area contributed by atoms with E-state index in [1.807, 2.05) is 27.7 Å². The van der Waals surface area contributed by atoms with Crippen molar-refractivity contribution in [1.29, 1.82) is 0 Å². The average molecular weight is 500 g/mol. The van der Waals surface area contributed by atoms with E-state index >= 15 is 0 Å². The molecule has 0 bridgehead atoms. The monoisotopic (exact) mass is 499 g/mol. The Balaban J connectivity index is 1.74. The second-order valence-electron chi connectivity index (χ2n) is 9.57. The number of hydrogen-bond donors (Lipinski definition) is 3. The standard InChI is InChI=1S/C25H33N5O6/c1-14(2)9-17(12-26-30-13-21(31)29-25(30)34)27-23(32)18(10-15(3)4)28-24(33)20-11-16-7-6-8-19(35-5)22(16)36-20/h6-8,11-12,14-15,17-18H,9-10,13H2,1-5H3,(H,27,32)(H,28,33)(H,29,31,34)/t17-,18-/m0/s1. The van der Waals surface area contributed by atoms with Gasteiger partial charge in [-0.15, -0.1) is 0 Å². The molecule has 0 saturated carbocycles. The maximum Gasteiger partial charge on any atom is 0.344 e. The van der Waals surface area contributed by atoms with Gasteiger partial charge in [-0.3, -0.25) is 19.7 Å². The Morgan fingerprint density at radius 3 is 2.50 bits per heavy atom. The Morgan fingerprint density at radius 2 is 1.89 bits per heavy atom. The van der Waals surface area contributed by atoms with Gasteiger partial charge in [-0.05, 0) is 36.8 Å². The first kappa shape index (κ1) is 26.7. The number of furan rings is 1. The summed E-state index contributed by atoms with van der Waals surface area (Å²) in [6, 6.07) is 4.99. The van der Waals surface area contributed by atoms with Gasteiger partial charge >= 0.3 is 6.03 Å². The summed E-state index contributed by atoms with van der Waals surface area (Å²) in [4.78, 5) is 49.4. The first-order valence-corrected chi connectivity index (χ1v) is 11.9. The van der Waals surface area contributed by atoms with Gasteiger partial charge in [0, 0.05) is 11.6 Å². The molecular formula is C25H33N5O6. The number of nitrogens with zero attached hydrogens (tertiary/aromatic N) is 2. The third-order valence-electron chi connectivity index (χ3n) is 5.49. The molecule has 0 unspecified atom stereocenters. The first-order valence-electron chi connectivity index (χ1n) is 11.9. The SMILES string of the molecule is COc1cccc2cc(C(=O)N[C@@H](CC(C)C)C(=O)N[C@H](C=NN3CC(=O)NC3=O)CC(C)C)oc12. The molecule has 2 heterocycles. The Morgan fingerprint density at radius 1 is 1.17 bits per heavy atom. The summed E-state index contributed by atoms with van der Waals surface area (Å²) in [6.07, 6.45) is 2.38. The van der Waals surface area contributed by atoms with Gasteiger partial charge in [0.1, 0.15) is 12.6 Å². The maximum absolute atomic E-state index is 13.2. The van der Waals surface area contributed by atoms with Gasteiger partial charge in [0.05, 0.1) is 13.2 Å². The van der Waals surface area contributed by atoms with Gasteiger partial charge in [-0.1, -0.05) is 39.8 Å². The van der Waals surface area contributed by atoms with Crippen molar-refractivity contribution in [1.82, 2.24) is 21.0 Å². The molecule has 1 aliphatic rings. The number of carbonyl (C=O) groups is 4. The summed E-state index contributed by atoms with van der Waals surface area (Å²) in [5.41, 5.74) is 0.452. The van der Waals surface area contributed by atoms with Crippen molar-refractivity contribution in [3.63, 3.8) is 0 Å². The van der Waals surface area contributed by atoms with Crippen molar-refractivity contribution >= 4 is 40.9 Å². The summed E-state index contributed by atoms with van der Waals surface area (Å²) in [6.45, 7) is 7.71. The van der Waals surface area contributed by atoms with E-state index in [1.165, 1.54) is 13.3 Å². The van der Waals surface area contributed by atoms with Crippen molar-refractivity contribution in [2.75, 3.05) is 13.7 Å². The molecule has 1 fully saturated rings. The van der Waals surface area contributed by atoms with Crippen LogP contribution in [0.1, 0.15) is 51.1 Å². The molecule has 11 nitrogen and oxygen atoms in total. The third-order valence-corrected chi connectivity index (χ3v) is 5.49. The molecule has 1 aliphatic heterocycles. The number of fused-ring (bicyclic) bond motifs is 1. The molecule has 11 heteroatoms. The first-order chi connectivity index (χ1) is 17.1. The number of carbonyl (C=O) groups excluding carboxylic acids is 4. The van der Waals surface area contributed by atoms with Crippen LogP contribution in [0.2, 0.25) is 0 Å². The zero-order valence-electron chi connectivity index (χ0n) is 21.2. The van der Waals surface area contributed by atoms with E-state index in [9.17, 15) is 19.2 Å². The van der Waals surface area contributed by atoms with Crippen molar-refractivity contribution in [2.24, 2.45) is 16.9 Å². The quantitative estimate of drug-likeness (QED) is 0.320. The number of para-hydroxylation sites is 1. The van der Waals surface area contributed by atoms with Crippen LogP contribution in [0.3, 0.4) is 0 Å². The second kappa shape index (κ2) is 11.7. The van der Waals surface area contributed by atoms with Gasteiger partial charge < -0.3 is 19.8 Å². The van der Waals surface area contributed by atoms with E-state index in [-0.39, 0.29) is 30.0 Å². The molecular weight excluding hydrogens is 466 g/mol. The summed E-state index contributed by atoms with van der Waals surface area (Å²) >= 11 is 0. The largest absolute Gasteiger partial charge is 0.493 e.